The standard InChI is InChI=1S/C12H17Br2N/c1-4-15-12(8(2)3)10-7-9(13)5-6-11(10)14/h5-8,12,15H,4H2,1-3H3. The zero-order chi connectivity index (χ0) is 11.4. The molecule has 15 heavy (non-hydrogen) atoms. The van der Waals surface area contributed by atoms with E-state index in [1.807, 2.05) is 0 Å². The van der Waals surface area contributed by atoms with Gasteiger partial charge in [-0.25, -0.2) is 0 Å². The van der Waals surface area contributed by atoms with Crippen molar-refractivity contribution in [2.75, 3.05) is 6.54 Å². The molecule has 1 atom stereocenters. The first-order valence-electron chi connectivity index (χ1n) is 5.24. The van der Waals surface area contributed by atoms with Crippen LogP contribution < -0.4 is 5.32 Å². The Morgan fingerprint density at radius 2 is 1.93 bits per heavy atom. The fraction of sp³-hybridized carbons (Fsp3) is 0.500. The molecule has 0 bridgehead atoms. The van der Waals surface area contributed by atoms with Crippen LogP contribution in [0.4, 0.5) is 0 Å². The highest BCUT2D eigenvalue weighted by Gasteiger charge is 2.17. The lowest BCUT2D eigenvalue weighted by molar-refractivity contribution is 0.420. The van der Waals surface area contributed by atoms with Crippen molar-refractivity contribution in [3.8, 4) is 0 Å². The zero-order valence-corrected chi connectivity index (χ0v) is 12.5. The van der Waals surface area contributed by atoms with Crippen LogP contribution in [0.2, 0.25) is 0 Å². The normalized spacial score (nSPS) is 13.2. The summed E-state index contributed by atoms with van der Waals surface area (Å²) < 4.78 is 2.30. The van der Waals surface area contributed by atoms with Gasteiger partial charge in [0.15, 0.2) is 0 Å². The second-order valence-electron chi connectivity index (χ2n) is 3.95. The molecule has 0 aliphatic heterocycles. The van der Waals surface area contributed by atoms with Gasteiger partial charge in [-0.15, -0.1) is 0 Å². The van der Waals surface area contributed by atoms with Gasteiger partial charge in [0, 0.05) is 15.0 Å². The molecule has 1 nitrogen and oxygen atoms in total. The Bertz CT molecular complexity index is 323. The maximum atomic E-state index is 3.61. The third-order valence-corrected chi connectivity index (χ3v) is 3.60. The minimum Gasteiger partial charge on any atom is -0.310 e. The number of hydrogen-bond donors (Lipinski definition) is 1. The Balaban J connectivity index is 3.04. The molecular weight excluding hydrogens is 318 g/mol. The Labute approximate surface area is 109 Å². The maximum absolute atomic E-state index is 3.61. The predicted octanol–water partition coefficient (Wildman–Crippen LogP) is 4.52. The van der Waals surface area contributed by atoms with E-state index < -0.39 is 0 Å². The lowest BCUT2D eigenvalue weighted by Gasteiger charge is -2.23. The average molecular weight is 335 g/mol. The van der Waals surface area contributed by atoms with Crippen molar-refractivity contribution in [1.82, 2.24) is 5.32 Å². The van der Waals surface area contributed by atoms with Gasteiger partial charge in [-0.05, 0) is 36.2 Å². The molecule has 3 heteroatoms. The SMILES string of the molecule is CCNC(c1cc(Br)ccc1Br)C(C)C. The highest BCUT2D eigenvalue weighted by Crippen LogP contribution is 2.30. The quantitative estimate of drug-likeness (QED) is 0.853. The average Bonchev–Trinajstić information content (AvgIpc) is 2.18. The molecule has 0 spiro atoms. The summed E-state index contributed by atoms with van der Waals surface area (Å²) in [5.41, 5.74) is 1.32. The van der Waals surface area contributed by atoms with E-state index in [-0.39, 0.29) is 0 Å². The molecule has 0 saturated carbocycles. The Kier molecular flexibility index (Phi) is 5.30. The smallest absolute Gasteiger partial charge is 0.0354 e. The molecule has 1 aromatic rings. The summed E-state index contributed by atoms with van der Waals surface area (Å²) in [7, 11) is 0. The van der Waals surface area contributed by atoms with Gasteiger partial charge in [0.05, 0.1) is 0 Å². The van der Waals surface area contributed by atoms with Crippen LogP contribution >= 0.6 is 31.9 Å². The molecule has 1 aromatic carbocycles. The van der Waals surface area contributed by atoms with E-state index in [4.69, 9.17) is 0 Å². The summed E-state index contributed by atoms with van der Waals surface area (Å²) in [6, 6.07) is 6.72. The van der Waals surface area contributed by atoms with Crippen molar-refractivity contribution in [2.24, 2.45) is 5.92 Å². The summed E-state index contributed by atoms with van der Waals surface area (Å²) in [6.07, 6.45) is 0. The van der Waals surface area contributed by atoms with E-state index in [9.17, 15) is 0 Å². The van der Waals surface area contributed by atoms with Crippen LogP contribution in [0.25, 0.3) is 0 Å². The van der Waals surface area contributed by atoms with E-state index in [0.29, 0.717) is 12.0 Å². The van der Waals surface area contributed by atoms with Crippen LogP contribution in [-0.2, 0) is 0 Å². The second-order valence-corrected chi connectivity index (χ2v) is 5.72. The summed E-state index contributed by atoms with van der Waals surface area (Å²) in [5.74, 6) is 0.579. The minimum absolute atomic E-state index is 0.405. The van der Waals surface area contributed by atoms with Gasteiger partial charge in [0.1, 0.15) is 0 Å². The van der Waals surface area contributed by atoms with Crippen LogP contribution in [0, 0.1) is 5.92 Å². The first kappa shape index (κ1) is 13.2. The summed E-state index contributed by atoms with van der Waals surface area (Å²) in [4.78, 5) is 0. The van der Waals surface area contributed by atoms with E-state index in [0.717, 1.165) is 11.0 Å². The van der Waals surface area contributed by atoms with E-state index in [1.54, 1.807) is 0 Å². The monoisotopic (exact) mass is 333 g/mol. The van der Waals surface area contributed by atoms with Crippen LogP contribution in [0.15, 0.2) is 27.1 Å². The van der Waals surface area contributed by atoms with Gasteiger partial charge >= 0.3 is 0 Å². The molecule has 0 aromatic heterocycles. The molecule has 1 N–H and O–H groups in total. The van der Waals surface area contributed by atoms with E-state index >= 15 is 0 Å². The molecule has 84 valence electrons. The fourth-order valence-corrected chi connectivity index (χ4v) is 2.55. The number of hydrogen-bond acceptors (Lipinski definition) is 1. The zero-order valence-electron chi connectivity index (χ0n) is 9.35. The molecule has 0 aliphatic carbocycles. The number of nitrogens with one attached hydrogen (secondary N) is 1. The summed E-state index contributed by atoms with van der Waals surface area (Å²) >= 11 is 7.12. The number of halogens is 2. The van der Waals surface area contributed by atoms with Crippen LogP contribution in [-0.4, -0.2) is 6.54 Å². The van der Waals surface area contributed by atoms with Gasteiger partial charge < -0.3 is 5.32 Å². The number of benzene rings is 1. The van der Waals surface area contributed by atoms with Crippen molar-refractivity contribution in [3.63, 3.8) is 0 Å². The highest BCUT2D eigenvalue weighted by atomic mass is 79.9. The largest absolute Gasteiger partial charge is 0.310 e. The summed E-state index contributed by atoms with van der Waals surface area (Å²) in [5, 5.41) is 3.52. The molecule has 0 heterocycles. The van der Waals surface area contributed by atoms with Crippen molar-refractivity contribution >= 4 is 31.9 Å². The molecule has 0 fully saturated rings. The van der Waals surface area contributed by atoms with Gasteiger partial charge in [-0.1, -0.05) is 52.6 Å². The van der Waals surface area contributed by atoms with Crippen molar-refractivity contribution in [1.29, 1.82) is 0 Å². The molecule has 1 unspecified atom stereocenters. The number of rotatable bonds is 4. The summed E-state index contributed by atoms with van der Waals surface area (Å²) in [6.45, 7) is 7.60. The third-order valence-electron chi connectivity index (χ3n) is 2.38. The van der Waals surface area contributed by atoms with E-state index in [1.165, 1.54) is 10.0 Å². The van der Waals surface area contributed by atoms with Gasteiger partial charge in [0.25, 0.3) is 0 Å². The fourth-order valence-electron chi connectivity index (χ4n) is 1.68. The molecular formula is C12H17Br2N. The molecule has 0 saturated heterocycles. The van der Waals surface area contributed by atoms with Gasteiger partial charge in [0.2, 0.25) is 0 Å². The predicted molar refractivity (Wildman–Crippen MR) is 73.1 cm³/mol. The molecule has 1 rings (SSSR count). The van der Waals surface area contributed by atoms with Crippen LogP contribution in [0.5, 0.6) is 0 Å². The Morgan fingerprint density at radius 3 is 2.47 bits per heavy atom. The van der Waals surface area contributed by atoms with Crippen molar-refractivity contribution < 1.29 is 0 Å². The van der Waals surface area contributed by atoms with Crippen LogP contribution in [0.3, 0.4) is 0 Å². The first-order chi connectivity index (χ1) is 7.06. The van der Waals surface area contributed by atoms with Crippen molar-refractivity contribution in [2.45, 2.75) is 26.8 Å². The topological polar surface area (TPSA) is 12.0 Å². The minimum atomic E-state index is 0.405. The lowest BCUT2D eigenvalue weighted by Crippen LogP contribution is -2.25. The molecule has 0 amide bonds. The van der Waals surface area contributed by atoms with Crippen molar-refractivity contribution in [3.05, 3.63) is 32.7 Å². The van der Waals surface area contributed by atoms with Gasteiger partial charge in [-0.3, -0.25) is 0 Å². The molecule has 0 radical (unpaired) electrons. The second kappa shape index (κ2) is 6.02. The van der Waals surface area contributed by atoms with Crippen LogP contribution in [0.1, 0.15) is 32.4 Å². The maximum Gasteiger partial charge on any atom is 0.0354 e. The van der Waals surface area contributed by atoms with Gasteiger partial charge in [-0.2, -0.15) is 0 Å². The van der Waals surface area contributed by atoms with E-state index in [2.05, 4.69) is 76.1 Å². The lowest BCUT2D eigenvalue weighted by atomic mass is 9.96. The Hall–Kier alpha value is 0.140. The molecule has 0 aliphatic rings. The highest BCUT2D eigenvalue weighted by molar-refractivity contribution is 9.11. The first-order valence-corrected chi connectivity index (χ1v) is 6.83. The third kappa shape index (κ3) is 3.58. The Morgan fingerprint density at radius 1 is 1.27 bits per heavy atom.